The second-order valence-corrected chi connectivity index (χ2v) is 7.44. The van der Waals surface area contributed by atoms with Crippen molar-refractivity contribution in [3.05, 3.63) is 35.4 Å². The SMILES string of the molecule is CC(C)(C)NCc1cccc(COCC2CCCCC2)c1. The molecule has 0 spiro atoms. The zero-order valence-electron chi connectivity index (χ0n) is 14.0. The van der Waals surface area contributed by atoms with Gasteiger partial charge in [-0.2, -0.15) is 0 Å². The molecule has 1 aliphatic rings. The molecule has 1 N–H and O–H groups in total. The van der Waals surface area contributed by atoms with E-state index in [2.05, 4.69) is 50.4 Å². The van der Waals surface area contributed by atoms with Gasteiger partial charge in [-0.15, -0.1) is 0 Å². The number of rotatable bonds is 6. The van der Waals surface area contributed by atoms with E-state index >= 15 is 0 Å². The highest BCUT2D eigenvalue weighted by Crippen LogP contribution is 2.24. The Bertz CT molecular complexity index is 416. The molecular weight excluding hydrogens is 258 g/mol. The monoisotopic (exact) mass is 289 g/mol. The first kappa shape index (κ1) is 16.5. The van der Waals surface area contributed by atoms with Gasteiger partial charge < -0.3 is 10.1 Å². The van der Waals surface area contributed by atoms with E-state index in [1.54, 1.807) is 0 Å². The third-order valence-electron chi connectivity index (χ3n) is 4.16. The maximum absolute atomic E-state index is 5.94. The summed E-state index contributed by atoms with van der Waals surface area (Å²) in [6.45, 7) is 9.20. The highest BCUT2D eigenvalue weighted by Gasteiger charge is 2.13. The third-order valence-corrected chi connectivity index (χ3v) is 4.16. The van der Waals surface area contributed by atoms with Gasteiger partial charge in [0.15, 0.2) is 0 Å². The average molecular weight is 289 g/mol. The van der Waals surface area contributed by atoms with Crippen LogP contribution < -0.4 is 5.32 Å². The fourth-order valence-electron chi connectivity index (χ4n) is 2.89. The van der Waals surface area contributed by atoms with E-state index in [1.165, 1.54) is 43.2 Å². The van der Waals surface area contributed by atoms with Crippen molar-refractivity contribution in [3.63, 3.8) is 0 Å². The van der Waals surface area contributed by atoms with Crippen LogP contribution >= 0.6 is 0 Å². The topological polar surface area (TPSA) is 21.3 Å². The van der Waals surface area contributed by atoms with E-state index in [0.717, 1.165) is 25.7 Å². The molecule has 0 heterocycles. The van der Waals surface area contributed by atoms with Crippen LogP contribution in [0.25, 0.3) is 0 Å². The Kier molecular flexibility index (Phi) is 6.25. The van der Waals surface area contributed by atoms with Crippen LogP contribution in [0.2, 0.25) is 0 Å². The minimum absolute atomic E-state index is 0.160. The summed E-state index contributed by atoms with van der Waals surface area (Å²) < 4.78 is 5.94. The molecule has 1 aromatic rings. The molecule has 0 saturated heterocycles. The molecule has 21 heavy (non-hydrogen) atoms. The molecule has 118 valence electrons. The summed E-state index contributed by atoms with van der Waals surface area (Å²) in [4.78, 5) is 0. The van der Waals surface area contributed by atoms with Gasteiger partial charge in [0.2, 0.25) is 0 Å². The summed E-state index contributed by atoms with van der Waals surface area (Å²) in [7, 11) is 0. The highest BCUT2D eigenvalue weighted by molar-refractivity contribution is 5.23. The quantitative estimate of drug-likeness (QED) is 0.821. The Morgan fingerprint density at radius 1 is 1.10 bits per heavy atom. The van der Waals surface area contributed by atoms with Crippen molar-refractivity contribution < 1.29 is 4.74 Å². The van der Waals surface area contributed by atoms with Crippen LogP contribution in [0.15, 0.2) is 24.3 Å². The maximum atomic E-state index is 5.94. The van der Waals surface area contributed by atoms with E-state index in [0.29, 0.717) is 0 Å². The molecule has 2 heteroatoms. The van der Waals surface area contributed by atoms with E-state index in [1.807, 2.05) is 0 Å². The summed E-state index contributed by atoms with van der Waals surface area (Å²) in [5.41, 5.74) is 2.79. The smallest absolute Gasteiger partial charge is 0.0717 e. The van der Waals surface area contributed by atoms with Crippen LogP contribution in [0.5, 0.6) is 0 Å². The van der Waals surface area contributed by atoms with E-state index in [9.17, 15) is 0 Å². The molecule has 1 saturated carbocycles. The first-order valence-corrected chi connectivity index (χ1v) is 8.43. The predicted octanol–water partition coefficient (Wildman–Crippen LogP) is 4.67. The fraction of sp³-hybridized carbons (Fsp3) is 0.684. The third kappa shape index (κ3) is 6.62. The van der Waals surface area contributed by atoms with Crippen molar-refractivity contribution >= 4 is 0 Å². The number of hydrogen-bond donors (Lipinski definition) is 1. The van der Waals surface area contributed by atoms with Gasteiger partial charge in [-0.1, -0.05) is 43.5 Å². The van der Waals surface area contributed by atoms with Crippen molar-refractivity contribution in [1.29, 1.82) is 0 Å². The zero-order chi connectivity index (χ0) is 15.1. The van der Waals surface area contributed by atoms with Crippen LogP contribution in [-0.2, 0) is 17.9 Å². The predicted molar refractivity (Wildman–Crippen MR) is 89.3 cm³/mol. The average Bonchev–Trinajstić information content (AvgIpc) is 2.46. The lowest BCUT2D eigenvalue weighted by Gasteiger charge is -2.22. The van der Waals surface area contributed by atoms with Crippen molar-refractivity contribution in [2.75, 3.05) is 6.61 Å². The standard InChI is InChI=1S/C19H31NO/c1-19(2,3)20-13-17-10-7-11-18(12-17)15-21-14-16-8-5-4-6-9-16/h7,10-12,16,20H,4-6,8-9,13-15H2,1-3H3. The van der Waals surface area contributed by atoms with Gasteiger partial charge in [0.05, 0.1) is 6.61 Å². The first-order chi connectivity index (χ1) is 10.0. The molecule has 1 aliphatic carbocycles. The Labute approximate surface area is 130 Å². The van der Waals surface area contributed by atoms with E-state index in [4.69, 9.17) is 4.74 Å². The molecule has 0 amide bonds. The van der Waals surface area contributed by atoms with Gasteiger partial charge in [-0.25, -0.2) is 0 Å². The summed E-state index contributed by atoms with van der Waals surface area (Å²) in [5, 5.41) is 3.53. The fourth-order valence-corrected chi connectivity index (χ4v) is 2.89. The number of benzene rings is 1. The second kappa shape index (κ2) is 7.95. The van der Waals surface area contributed by atoms with Gasteiger partial charge in [0.1, 0.15) is 0 Å². The van der Waals surface area contributed by atoms with Crippen LogP contribution in [0, 0.1) is 5.92 Å². The van der Waals surface area contributed by atoms with Crippen molar-refractivity contribution in [3.8, 4) is 0 Å². The first-order valence-electron chi connectivity index (χ1n) is 8.43. The van der Waals surface area contributed by atoms with Crippen molar-refractivity contribution in [2.24, 2.45) is 5.92 Å². The summed E-state index contributed by atoms with van der Waals surface area (Å²) in [5.74, 6) is 0.796. The number of hydrogen-bond acceptors (Lipinski definition) is 2. The summed E-state index contributed by atoms with van der Waals surface area (Å²) in [6, 6.07) is 8.75. The van der Waals surface area contributed by atoms with Crippen LogP contribution in [0.3, 0.4) is 0 Å². The van der Waals surface area contributed by atoms with Crippen LogP contribution in [-0.4, -0.2) is 12.1 Å². The maximum Gasteiger partial charge on any atom is 0.0717 e. The van der Waals surface area contributed by atoms with Crippen molar-refractivity contribution in [1.82, 2.24) is 5.32 Å². The molecular formula is C19H31NO. The highest BCUT2D eigenvalue weighted by atomic mass is 16.5. The minimum Gasteiger partial charge on any atom is -0.376 e. The van der Waals surface area contributed by atoms with Gasteiger partial charge in [0, 0.05) is 18.7 Å². The van der Waals surface area contributed by atoms with E-state index in [-0.39, 0.29) is 5.54 Å². The number of ether oxygens (including phenoxy) is 1. The molecule has 2 nitrogen and oxygen atoms in total. The van der Waals surface area contributed by atoms with Crippen LogP contribution in [0.1, 0.15) is 64.0 Å². The molecule has 1 aromatic carbocycles. The second-order valence-electron chi connectivity index (χ2n) is 7.44. The molecule has 0 atom stereocenters. The van der Waals surface area contributed by atoms with E-state index < -0.39 is 0 Å². The molecule has 1 fully saturated rings. The van der Waals surface area contributed by atoms with Gasteiger partial charge in [-0.05, 0) is 50.7 Å². The molecule has 0 aromatic heterocycles. The Morgan fingerprint density at radius 2 is 1.81 bits per heavy atom. The zero-order valence-corrected chi connectivity index (χ0v) is 14.0. The lowest BCUT2D eigenvalue weighted by molar-refractivity contribution is 0.0739. The molecule has 0 unspecified atom stereocenters. The number of nitrogens with one attached hydrogen (secondary N) is 1. The Balaban J connectivity index is 1.75. The van der Waals surface area contributed by atoms with Gasteiger partial charge >= 0.3 is 0 Å². The van der Waals surface area contributed by atoms with Gasteiger partial charge in [0.25, 0.3) is 0 Å². The minimum atomic E-state index is 0.160. The van der Waals surface area contributed by atoms with Gasteiger partial charge in [-0.3, -0.25) is 0 Å². The molecule has 0 radical (unpaired) electrons. The summed E-state index contributed by atoms with van der Waals surface area (Å²) >= 11 is 0. The molecule has 0 bridgehead atoms. The van der Waals surface area contributed by atoms with Crippen LogP contribution in [0.4, 0.5) is 0 Å². The Morgan fingerprint density at radius 3 is 2.52 bits per heavy atom. The summed E-state index contributed by atoms with van der Waals surface area (Å²) in [6.07, 6.45) is 6.91. The normalized spacial score (nSPS) is 17.1. The largest absolute Gasteiger partial charge is 0.376 e. The lowest BCUT2D eigenvalue weighted by Crippen LogP contribution is -2.35. The Hall–Kier alpha value is -0.860. The molecule has 2 rings (SSSR count). The molecule has 0 aliphatic heterocycles. The lowest BCUT2D eigenvalue weighted by atomic mass is 9.90. The van der Waals surface area contributed by atoms with Crippen molar-refractivity contribution in [2.45, 2.75) is 71.6 Å².